The minimum absolute atomic E-state index is 0.720. The van der Waals surface area contributed by atoms with Crippen molar-refractivity contribution >= 4 is 0 Å². The first-order valence-electron chi connectivity index (χ1n) is 6.36. The van der Waals surface area contributed by atoms with Gasteiger partial charge in [-0.05, 0) is 45.2 Å². The van der Waals surface area contributed by atoms with Crippen molar-refractivity contribution in [2.24, 2.45) is 5.92 Å². The van der Waals surface area contributed by atoms with Crippen molar-refractivity contribution in [3.63, 3.8) is 0 Å². The molecule has 0 radical (unpaired) electrons. The van der Waals surface area contributed by atoms with Gasteiger partial charge in [0, 0.05) is 32.3 Å². The molecule has 1 aliphatic heterocycles. The predicted octanol–water partition coefficient (Wildman–Crippen LogP) is 1.10. The molecule has 0 aromatic carbocycles. The van der Waals surface area contributed by atoms with Crippen molar-refractivity contribution in [1.29, 1.82) is 0 Å². The molecular formula is C12H24N2O. The third-order valence-corrected chi connectivity index (χ3v) is 3.49. The lowest BCUT2D eigenvalue weighted by molar-refractivity contribution is 0.114. The number of hydrogen-bond donors (Lipinski definition) is 1. The SMILES string of the molecule is CNC1CCN(CCCOCC2CC2)C1. The summed E-state index contributed by atoms with van der Waals surface area (Å²) in [7, 11) is 2.06. The van der Waals surface area contributed by atoms with Crippen molar-refractivity contribution in [1.82, 2.24) is 10.2 Å². The van der Waals surface area contributed by atoms with Gasteiger partial charge in [-0.25, -0.2) is 0 Å². The van der Waals surface area contributed by atoms with Gasteiger partial charge in [0.15, 0.2) is 0 Å². The quantitative estimate of drug-likeness (QED) is 0.640. The molecule has 1 aliphatic carbocycles. The summed E-state index contributed by atoms with van der Waals surface area (Å²) in [5.41, 5.74) is 0. The van der Waals surface area contributed by atoms with E-state index < -0.39 is 0 Å². The Balaban J connectivity index is 1.43. The van der Waals surface area contributed by atoms with Crippen LogP contribution in [-0.2, 0) is 4.74 Å². The number of nitrogens with one attached hydrogen (secondary N) is 1. The third-order valence-electron chi connectivity index (χ3n) is 3.49. The second-order valence-corrected chi connectivity index (χ2v) is 4.95. The molecule has 2 fully saturated rings. The lowest BCUT2D eigenvalue weighted by Gasteiger charge is -2.15. The van der Waals surface area contributed by atoms with Crippen LogP contribution < -0.4 is 5.32 Å². The van der Waals surface area contributed by atoms with Crippen molar-refractivity contribution < 1.29 is 4.74 Å². The molecule has 3 heteroatoms. The van der Waals surface area contributed by atoms with Crippen LogP contribution in [0.2, 0.25) is 0 Å². The molecule has 1 unspecified atom stereocenters. The second-order valence-electron chi connectivity index (χ2n) is 4.95. The van der Waals surface area contributed by atoms with E-state index >= 15 is 0 Å². The molecule has 2 aliphatic rings. The molecule has 3 nitrogen and oxygen atoms in total. The van der Waals surface area contributed by atoms with Crippen LogP contribution in [-0.4, -0.2) is 50.8 Å². The fraction of sp³-hybridized carbons (Fsp3) is 1.00. The van der Waals surface area contributed by atoms with Gasteiger partial charge in [-0.3, -0.25) is 0 Å². The molecule has 0 amide bonds. The minimum Gasteiger partial charge on any atom is -0.381 e. The molecule has 0 aromatic heterocycles. The van der Waals surface area contributed by atoms with E-state index in [-0.39, 0.29) is 0 Å². The largest absolute Gasteiger partial charge is 0.381 e. The highest BCUT2D eigenvalue weighted by Crippen LogP contribution is 2.28. The zero-order valence-corrected chi connectivity index (χ0v) is 9.87. The molecule has 2 rings (SSSR count). The van der Waals surface area contributed by atoms with Crippen molar-refractivity contribution in [3.05, 3.63) is 0 Å². The van der Waals surface area contributed by atoms with Crippen LogP contribution in [0, 0.1) is 5.92 Å². The maximum Gasteiger partial charge on any atom is 0.0494 e. The van der Waals surface area contributed by atoms with E-state index in [1.807, 2.05) is 0 Å². The highest BCUT2D eigenvalue weighted by Gasteiger charge is 2.22. The maximum atomic E-state index is 5.63. The van der Waals surface area contributed by atoms with E-state index in [9.17, 15) is 0 Å². The fourth-order valence-corrected chi connectivity index (χ4v) is 2.20. The van der Waals surface area contributed by atoms with Crippen molar-refractivity contribution in [2.75, 3.05) is 39.9 Å². The number of ether oxygens (including phenoxy) is 1. The Labute approximate surface area is 93.2 Å². The molecule has 0 spiro atoms. The summed E-state index contributed by atoms with van der Waals surface area (Å²) >= 11 is 0. The number of nitrogens with zero attached hydrogens (tertiary/aromatic N) is 1. The molecule has 1 N–H and O–H groups in total. The summed E-state index contributed by atoms with van der Waals surface area (Å²) in [5, 5.41) is 3.35. The van der Waals surface area contributed by atoms with E-state index in [0.717, 1.165) is 25.2 Å². The fourth-order valence-electron chi connectivity index (χ4n) is 2.20. The number of likely N-dealkylation sites (tertiary alicyclic amines) is 1. The molecule has 15 heavy (non-hydrogen) atoms. The Morgan fingerprint density at radius 2 is 2.20 bits per heavy atom. The highest BCUT2D eigenvalue weighted by atomic mass is 16.5. The summed E-state index contributed by atoms with van der Waals surface area (Å²) in [6.07, 6.45) is 5.30. The van der Waals surface area contributed by atoms with E-state index in [0.29, 0.717) is 0 Å². The van der Waals surface area contributed by atoms with Crippen LogP contribution >= 0.6 is 0 Å². The normalized spacial score (nSPS) is 27.4. The first kappa shape index (κ1) is 11.4. The van der Waals surface area contributed by atoms with Gasteiger partial charge in [0.1, 0.15) is 0 Å². The van der Waals surface area contributed by atoms with Crippen molar-refractivity contribution in [3.8, 4) is 0 Å². The van der Waals surface area contributed by atoms with Crippen LogP contribution in [0.3, 0.4) is 0 Å². The Morgan fingerprint density at radius 1 is 1.33 bits per heavy atom. The molecule has 1 heterocycles. The number of likely N-dealkylation sites (N-methyl/N-ethyl adjacent to an activating group) is 1. The van der Waals surface area contributed by atoms with Gasteiger partial charge in [-0.2, -0.15) is 0 Å². The molecule has 88 valence electrons. The second kappa shape index (κ2) is 5.83. The standard InChI is InChI=1S/C12H24N2O/c1-13-12-5-7-14(9-12)6-2-8-15-10-11-3-4-11/h11-13H,2-10H2,1H3. The van der Waals surface area contributed by atoms with E-state index in [1.54, 1.807) is 0 Å². The maximum absolute atomic E-state index is 5.63. The van der Waals surface area contributed by atoms with Crippen LogP contribution in [0.1, 0.15) is 25.7 Å². The van der Waals surface area contributed by atoms with Crippen LogP contribution in [0.15, 0.2) is 0 Å². The zero-order valence-electron chi connectivity index (χ0n) is 9.87. The average molecular weight is 212 g/mol. The highest BCUT2D eigenvalue weighted by molar-refractivity contribution is 4.79. The zero-order chi connectivity index (χ0) is 10.5. The van der Waals surface area contributed by atoms with E-state index in [1.165, 1.54) is 45.3 Å². The first-order valence-corrected chi connectivity index (χ1v) is 6.36. The predicted molar refractivity (Wildman–Crippen MR) is 62.1 cm³/mol. The van der Waals surface area contributed by atoms with Gasteiger partial charge in [0.2, 0.25) is 0 Å². The van der Waals surface area contributed by atoms with Gasteiger partial charge in [-0.15, -0.1) is 0 Å². The molecule has 0 aromatic rings. The molecule has 1 saturated carbocycles. The van der Waals surface area contributed by atoms with Gasteiger partial charge in [-0.1, -0.05) is 0 Å². The number of rotatable bonds is 7. The van der Waals surface area contributed by atoms with Crippen LogP contribution in [0.25, 0.3) is 0 Å². The van der Waals surface area contributed by atoms with Gasteiger partial charge in [0.25, 0.3) is 0 Å². The van der Waals surface area contributed by atoms with E-state index in [2.05, 4.69) is 17.3 Å². The van der Waals surface area contributed by atoms with Crippen molar-refractivity contribution in [2.45, 2.75) is 31.7 Å². The number of hydrogen-bond acceptors (Lipinski definition) is 3. The topological polar surface area (TPSA) is 24.5 Å². The Morgan fingerprint density at radius 3 is 2.87 bits per heavy atom. The summed E-state index contributed by atoms with van der Waals surface area (Å²) in [6, 6.07) is 0.720. The molecule has 1 atom stereocenters. The van der Waals surface area contributed by atoms with Gasteiger partial charge >= 0.3 is 0 Å². The minimum atomic E-state index is 0.720. The Kier molecular flexibility index (Phi) is 4.42. The lowest BCUT2D eigenvalue weighted by Crippen LogP contribution is -2.30. The van der Waals surface area contributed by atoms with Crippen LogP contribution in [0.5, 0.6) is 0 Å². The summed E-state index contributed by atoms with van der Waals surface area (Å²) < 4.78 is 5.63. The third kappa shape index (κ3) is 4.09. The lowest BCUT2D eigenvalue weighted by atomic mass is 10.3. The van der Waals surface area contributed by atoms with Gasteiger partial charge in [0.05, 0.1) is 0 Å². The van der Waals surface area contributed by atoms with E-state index in [4.69, 9.17) is 4.74 Å². The Bertz CT molecular complexity index is 182. The Hall–Kier alpha value is -0.120. The summed E-state index contributed by atoms with van der Waals surface area (Å²) in [6.45, 7) is 5.66. The smallest absolute Gasteiger partial charge is 0.0494 e. The summed E-state index contributed by atoms with van der Waals surface area (Å²) in [5.74, 6) is 0.908. The average Bonchev–Trinajstić information content (AvgIpc) is 2.96. The molecule has 1 saturated heterocycles. The molecular weight excluding hydrogens is 188 g/mol. The first-order chi connectivity index (χ1) is 7.38. The monoisotopic (exact) mass is 212 g/mol. The van der Waals surface area contributed by atoms with Crippen LogP contribution in [0.4, 0.5) is 0 Å². The summed E-state index contributed by atoms with van der Waals surface area (Å²) in [4.78, 5) is 2.54. The molecule has 0 bridgehead atoms. The van der Waals surface area contributed by atoms with Gasteiger partial charge < -0.3 is 15.0 Å².